The Labute approximate surface area is 112 Å². The largest absolute Gasteiger partial charge is 0.504 e. The van der Waals surface area contributed by atoms with Crippen molar-refractivity contribution in [2.75, 3.05) is 0 Å². The molecule has 0 aliphatic rings. The first kappa shape index (κ1) is 15.1. The summed E-state index contributed by atoms with van der Waals surface area (Å²) in [6.45, 7) is 13.5. The topological polar surface area (TPSA) is 40.5 Å². The van der Waals surface area contributed by atoms with E-state index in [-0.39, 0.29) is 11.5 Å². The van der Waals surface area contributed by atoms with Gasteiger partial charge in [0.25, 0.3) is 0 Å². The maximum absolute atomic E-state index is 10.3. The lowest BCUT2D eigenvalue weighted by Crippen LogP contribution is -2.55. The lowest BCUT2D eigenvalue weighted by molar-refractivity contribution is 0.406. The molecule has 2 nitrogen and oxygen atoms in total. The van der Waals surface area contributed by atoms with E-state index in [4.69, 9.17) is 0 Å². The number of para-hydroxylation sites is 1. The maximum atomic E-state index is 10.3. The minimum atomic E-state index is -1.89. The first-order valence-electron chi connectivity index (χ1n) is 6.77. The van der Waals surface area contributed by atoms with Crippen LogP contribution in [0.4, 0.5) is 0 Å². The molecule has 102 valence electrons. The molecule has 0 aliphatic carbocycles. The van der Waals surface area contributed by atoms with E-state index in [0.29, 0.717) is 16.6 Å². The van der Waals surface area contributed by atoms with Gasteiger partial charge >= 0.3 is 0 Å². The third-order valence-electron chi connectivity index (χ3n) is 4.35. The Balaban J connectivity index is 3.57. The van der Waals surface area contributed by atoms with Crippen molar-refractivity contribution in [3.63, 3.8) is 0 Å². The van der Waals surface area contributed by atoms with Gasteiger partial charge in [0.2, 0.25) is 0 Å². The molecule has 0 bridgehead atoms. The minimum Gasteiger partial charge on any atom is -0.504 e. The molecule has 0 heterocycles. The lowest BCUT2D eigenvalue weighted by atomic mass is 10.3. The van der Waals surface area contributed by atoms with Crippen LogP contribution in [-0.4, -0.2) is 18.3 Å². The van der Waals surface area contributed by atoms with Crippen molar-refractivity contribution in [3.8, 4) is 11.5 Å². The molecule has 0 fully saturated rings. The second-order valence-electron chi connectivity index (χ2n) is 6.07. The molecular formula is C15H26O2Si. The molecule has 3 heteroatoms. The Kier molecular flexibility index (Phi) is 4.49. The van der Waals surface area contributed by atoms with Gasteiger partial charge in [-0.15, -0.1) is 0 Å². The van der Waals surface area contributed by atoms with Crippen molar-refractivity contribution in [1.82, 2.24) is 0 Å². The fourth-order valence-electron chi connectivity index (χ4n) is 3.81. The van der Waals surface area contributed by atoms with E-state index < -0.39 is 8.07 Å². The van der Waals surface area contributed by atoms with E-state index >= 15 is 0 Å². The number of rotatable bonds is 4. The van der Waals surface area contributed by atoms with Gasteiger partial charge in [0.15, 0.2) is 11.5 Å². The molecular weight excluding hydrogens is 240 g/mol. The number of hydrogen-bond acceptors (Lipinski definition) is 2. The Morgan fingerprint density at radius 2 is 1.28 bits per heavy atom. The Bertz CT molecular complexity index is 389. The highest BCUT2D eigenvalue weighted by atomic mass is 28.3. The average Bonchev–Trinajstić information content (AvgIpc) is 2.23. The summed E-state index contributed by atoms with van der Waals surface area (Å²) >= 11 is 0. The summed E-state index contributed by atoms with van der Waals surface area (Å²) in [4.78, 5) is 0. The van der Waals surface area contributed by atoms with Crippen LogP contribution >= 0.6 is 0 Å². The third-order valence-corrected chi connectivity index (χ3v) is 11.4. The van der Waals surface area contributed by atoms with Crippen molar-refractivity contribution < 1.29 is 10.2 Å². The summed E-state index contributed by atoms with van der Waals surface area (Å²) < 4.78 is 0. The van der Waals surface area contributed by atoms with Gasteiger partial charge in [-0.2, -0.15) is 0 Å². The van der Waals surface area contributed by atoms with Gasteiger partial charge in [0, 0.05) is 0 Å². The Morgan fingerprint density at radius 1 is 0.833 bits per heavy atom. The highest BCUT2D eigenvalue weighted by Gasteiger charge is 2.46. The zero-order valence-electron chi connectivity index (χ0n) is 12.4. The molecule has 0 spiro atoms. The fourth-order valence-corrected chi connectivity index (χ4v) is 10.6. The molecule has 0 saturated carbocycles. The first-order chi connectivity index (χ1) is 8.26. The average molecular weight is 266 g/mol. The van der Waals surface area contributed by atoms with Crippen molar-refractivity contribution in [1.29, 1.82) is 0 Å². The van der Waals surface area contributed by atoms with Crippen molar-refractivity contribution >= 4 is 13.3 Å². The minimum absolute atomic E-state index is 0.00586. The van der Waals surface area contributed by atoms with Gasteiger partial charge in [-0.25, -0.2) is 0 Å². The van der Waals surface area contributed by atoms with Crippen LogP contribution in [0, 0.1) is 0 Å². The van der Waals surface area contributed by atoms with Gasteiger partial charge in [-0.3, -0.25) is 0 Å². The summed E-state index contributed by atoms with van der Waals surface area (Å²) in [5.74, 6) is 0.103. The highest BCUT2D eigenvalue weighted by Crippen LogP contribution is 2.43. The fraction of sp³-hybridized carbons (Fsp3) is 0.600. The number of phenols is 2. The molecule has 0 amide bonds. The summed E-state index contributed by atoms with van der Waals surface area (Å²) in [7, 11) is -1.89. The molecule has 1 aromatic carbocycles. The number of hydrogen-bond donors (Lipinski definition) is 2. The number of benzene rings is 1. The standard InChI is InChI=1S/C15H26O2Si/c1-10(2)18(11(3)4,12(5)6)14-9-7-8-13(16)15(14)17/h7-12,16-17H,1-6H3. The van der Waals surface area contributed by atoms with Gasteiger partial charge in [0.05, 0.1) is 8.07 Å². The van der Waals surface area contributed by atoms with Crippen LogP contribution < -0.4 is 5.19 Å². The predicted molar refractivity (Wildman–Crippen MR) is 80.5 cm³/mol. The molecule has 0 unspecified atom stereocenters. The van der Waals surface area contributed by atoms with E-state index in [1.807, 2.05) is 12.1 Å². The van der Waals surface area contributed by atoms with E-state index in [9.17, 15) is 10.2 Å². The molecule has 1 aromatic rings. The highest BCUT2D eigenvalue weighted by molar-refractivity contribution is 6.95. The smallest absolute Gasteiger partial charge is 0.157 e. The second-order valence-corrected chi connectivity index (χ2v) is 11.9. The zero-order valence-corrected chi connectivity index (χ0v) is 13.4. The second kappa shape index (κ2) is 5.35. The van der Waals surface area contributed by atoms with Crippen LogP contribution in [0.25, 0.3) is 0 Å². The summed E-state index contributed by atoms with van der Waals surface area (Å²) in [5, 5.41) is 21.0. The first-order valence-corrected chi connectivity index (χ1v) is 9.00. The van der Waals surface area contributed by atoms with Crippen LogP contribution in [0.3, 0.4) is 0 Å². The zero-order chi connectivity index (χ0) is 14.1. The van der Waals surface area contributed by atoms with E-state index in [0.717, 1.165) is 5.19 Å². The van der Waals surface area contributed by atoms with Crippen molar-refractivity contribution in [3.05, 3.63) is 18.2 Å². The maximum Gasteiger partial charge on any atom is 0.157 e. The molecule has 0 aromatic heterocycles. The quantitative estimate of drug-likeness (QED) is 0.639. The molecule has 0 atom stereocenters. The van der Waals surface area contributed by atoms with Crippen LogP contribution in [0.2, 0.25) is 16.6 Å². The lowest BCUT2D eigenvalue weighted by Gasteiger charge is -2.43. The molecule has 18 heavy (non-hydrogen) atoms. The number of aromatic hydroxyl groups is 2. The number of phenolic OH excluding ortho intramolecular Hbond substituents is 2. The van der Waals surface area contributed by atoms with Gasteiger partial charge < -0.3 is 10.2 Å². The van der Waals surface area contributed by atoms with E-state index in [2.05, 4.69) is 41.5 Å². The van der Waals surface area contributed by atoms with Crippen molar-refractivity contribution in [2.45, 2.75) is 58.2 Å². The Hall–Kier alpha value is -0.963. The van der Waals surface area contributed by atoms with Gasteiger partial charge in [-0.05, 0) is 27.9 Å². The SMILES string of the molecule is CC(C)[Si](c1cccc(O)c1O)(C(C)C)C(C)C. The Morgan fingerprint density at radius 3 is 1.67 bits per heavy atom. The normalized spacial score (nSPS) is 12.7. The molecule has 0 radical (unpaired) electrons. The van der Waals surface area contributed by atoms with Crippen LogP contribution in [0.5, 0.6) is 11.5 Å². The summed E-state index contributed by atoms with van der Waals surface area (Å²) in [6.07, 6.45) is 0. The van der Waals surface area contributed by atoms with E-state index in [1.54, 1.807) is 6.07 Å². The monoisotopic (exact) mass is 266 g/mol. The van der Waals surface area contributed by atoms with Gasteiger partial charge in [0.1, 0.15) is 0 Å². The van der Waals surface area contributed by atoms with Crippen LogP contribution in [-0.2, 0) is 0 Å². The summed E-state index contributed by atoms with van der Waals surface area (Å²) in [5.41, 5.74) is 1.56. The molecule has 0 saturated heterocycles. The van der Waals surface area contributed by atoms with Crippen LogP contribution in [0.1, 0.15) is 41.5 Å². The molecule has 1 rings (SSSR count). The van der Waals surface area contributed by atoms with E-state index in [1.165, 1.54) is 0 Å². The van der Waals surface area contributed by atoms with Crippen molar-refractivity contribution in [2.24, 2.45) is 0 Å². The third kappa shape index (κ3) is 2.16. The van der Waals surface area contributed by atoms with Crippen LogP contribution in [0.15, 0.2) is 18.2 Å². The molecule has 0 aliphatic heterocycles. The predicted octanol–water partition coefficient (Wildman–Crippen LogP) is 3.98. The van der Waals surface area contributed by atoms with Gasteiger partial charge in [-0.1, -0.05) is 53.7 Å². The molecule has 2 N–H and O–H groups in total. The summed E-state index contributed by atoms with van der Waals surface area (Å²) in [6, 6.07) is 5.40.